The number of para-hydroxylation sites is 1. The first-order valence-electron chi connectivity index (χ1n) is 9.33. The van der Waals surface area contributed by atoms with Crippen molar-refractivity contribution in [3.63, 3.8) is 0 Å². The number of alkyl halides is 3. The summed E-state index contributed by atoms with van der Waals surface area (Å²) >= 11 is 0. The van der Waals surface area contributed by atoms with E-state index < -0.39 is 32.7 Å². The number of hydrogen-bond donors (Lipinski definition) is 2. The summed E-state index contributed by atoms with van der Waals surface area (Å²) in [4.78, 5) is 11.2. The number of ether oxygens (including phenoxy) is 1. The molecule has 3 aromatic rings. The Morgan fingerprint density at radius 2 is 1.67 bits per heavy atom. The van der Waals surface area contributed by atoms with Crippen LogP contribution in [0.5, 0.6) is 5.75 Å². The maximum atomic E-state index is 13.2. The van der Waals surface area contributed by atoms with Gasteiger partial charge in [0.15, 0.2) is 6.61 Å². The number of rotatable bonds is 7. The van der Waals surface area contributed by atoms with Crippen molar-refractivity contribution in [2.45, 2.75) is 11.1 Å². The Bertz CT molecular complexity index is 1280. The number of halogens is 3. The van der Waals surface area contributed by atoms with Crippen LogP contribution in [-0.4, -0.2) is 31.7 Å². The lowest BCUT2D eigenvalue weighted by Gasteiger charge is -2.14. The first-order chi connectivity index (χ1) is 15.6. The smallest absolute Gasteiger partial charge is 0.416 e. The Morgan fingerprint density at radius 3 is 2.33 bits per heavy atom. The SMILES string of the molecule is O=C(COc1ccccc1)NN=Cc1ccccc1-c1cc(C(F)(F)F)ccc1S(=O)(=O)O. The van der Waals surface area contributed by atoms with Gasteiger partial charge in [-0.05, 0) is 35.9 Å². The van der Waals surface area contributed by atoms with Crippen LogP contribution in [0, 0.1) is 0 Å². The average Bonchev–Trinajstić information content (AvgIpc) is 2.77. The monoisotopic (exact) mass is 478 g/mol. The molecule has 1 amide bonds. The molecule has 0 radical (unpaired) electrons. The van der Waals surface area contributed by atoms with Crippen LogP contribution < -0.4 is 10.2 Å². The quantitative estimate of drug-likeness (QED) is 0.302. The lowest BCUT2D eigenvalue weighted by Crippen LogP contribution is -2.24. The molecule has 3 rings (SSSR count). The summed E-state index contributed by atoms with van der Waals surface area (Å²) in [6, 6.07) is 16.3. The van der Waals surface area contributed by atoms with Gasteiger partial charge in [-0.25, -0.2) is 5.43 Å². The number of nitrogens with one attached hydrogen (secondary N) is 1. The molecule has 0 aliphatic rings. The summed E-state index contributed by atoms with van der Waals surface area (Å²) in [6.07, 6.45) is -3.59. The first kappa shape index (κ1) is 24.0. The number of carbonyl (C=O) groups is 1. The fraction of sp³-hybridized carbons (Fsp3) is 0.0909. The number of carbonyl (C=O) groups excluding carboxylic acids is 1. The second-order valence-corrected chi connectivity index (χ2v) is 8.06. The first-order valence-corrected chi connectivity index (χ1v) is 10.8. The number of hydrogen-bond acceptors (Lipinski definition) is 5. The van der Waals surface area contributed by atoms with Gasteiger partial charge in [0.2, 0.25) is 0 Å². The third-order valence-electron chi connectivity index (χ3n) is 4.34. The van der Waals surface area contributed by atoms with Gasteiger partial charge in [0.05, 0.1) is 11.8 Å². The Kier molecular flexibility index (Phi) is 7.14. The van der Waals surface area contributed by atoms with Crippen molar-refractivity contribution in [2.75, 3.05) is 6.61 Å². The van der Waals surface area contributed by atoms with Crippen LogP contribution in [0.4, 0.5) is 13.2 Å². The van der Waals surface area contributed by atoms with Crippen LogP contribution in [0.15, 0.2) is 82.8 Å². The second kappa shape index (κ2) is 9.84. The molecule has 0 atom stereocenters. The van der Waals surface area contributed by atoms with Crippen LogP contribution in [0.2, 0.25) is 0 Å². The van der Waals surface area contributed by atoms with E-state index in [1.54, 1.807) is 36.4 Å². The number of nitrogens with zero attached hydrogens (tertiary/aromatic N) is 1. The van der Waals surface area contributed by atoms with Crippen molar-refractivity contribution in [3.05, 3.63) is 83.9 Å². The predicted molar refractivity (Wildman–Crippen MR) is 114 cm³/mol. The van der Waals surface area contributed by atoms with Crippen LogP contribution in [0.3, 0.4) is 0 Å². The molecule has 2 N–H and O–H groups in total. The molecule has 172 valence electrons. The van der Waals surface area contributed by atoms with E-state index in [9.17, 15) is 30.9 Å². The molecule has 0 saturated heterocycles. The molecular formula is C22H17F3N2O5S. The van der Waals surface area contributed by atoms with E-state index in [0.29, 0.717) is 23.9 Å². The van der Waals surface area contributed by atoms with E-state index in [1.807, 2.05) is 0 Å². The van der Waals surface area contributed by atoms with Gasteiger partial charge in [0, 0.05) is 11.1 Å². The molecule has 0 unspecified atom stereocenters. The summed E-state index contributed by atoms with van der Waals surface area (Å²) < 4.78 is 77.9. The highest BCUT2D eigenvalue weighted by atomic mass is 32.2. The predicted octanol–water partition coefficient (Wildman–Crippen LogP) is 4.15. The summed E-state index contributed by atoms with van der Waals surface area (Å²) in [5, 5.41) is 3.76. The second-order valence-electron chi connectivity index (χ2n) is 6.67. The Morgan fingerprint density at radius 1 is 1.00 bits per heavy atom. The molecular weight excluding hydrogens is 461 g/mol. The maximum absolute atomic E-state index is 13.2. The normalized spacial score (nSPS) is 12.0. The van der Waals surface area contributed by atoms with Gasteiger partial charge in [0.1, 0.15) is 10.6 Å². The Balaban J connectivity index is 1.86. The molecule has 7 nitrogen and oxygen atoms in total. The highest BCUT2D eigenvalue weighted by Crippen LogP contribution is 2.36. The fourth-order valence-electron chi connectivity index (χ4n) is 2.87. The fourth-order valence-corrected chi connectivity index (χ4v) is 3.56. The van der Waals surface area contributed by atoms with E-state index in [4.69, 9.17) is 4.74 Å². The van der Waals surface area contributed by atoms with Crippen LogP contribution in [0.25, 0.3) is 11.1 Å². The highest BCUT2D eigenvalue weighted by molar-refractivity contribution is 7.86. The molecule has 3 aromatic carbocycles. The largest absolute Gasteiger partial charge is 0.484 e. The topological polar surface area (TPSA) is 105 Å². The zero-order valence-electron chi connectivity index (χ0n) is 16.8. The molecule has 11 heteroatoms. The number of amides is 1. The van der Waals surface area contributed by atoms with Gasteiger partial charge in [-0.15, -0.1) is 0 Å². The summed E-state index contributed by atoms with van der Waals surface area (Å²) in [6.45, 7) is -0.330. The summed E-state index contributed by atoms with van der Waals surface area (Å²) in [7, 11) is -4.83. The summed E-state index contributed by atoms with van der Waals surface area (Å²) in [5.41, 5.74) is 1.01. The highest BCUT2D eigenvalue weighted by Gasteiger charge is 2.32. The lowest BCUT2D eigenvalue weighted by molar-refractivity contribution is -0.137. The number of benzene rings is 3. The molecule has 33 heavy (non-hydrogen) atoms. The molecule has 0 fully saturated rings. The van der Waals surface area contributed by atoms with Gasteiger partial charge in [-0.1, -0.05) is 42.5 Å². The molecule has 0 aliphatic heterocycles. The van der Waals surface area contributed by atoms with E-state index in [0.717, 1.165) is 6.21 Å². The van der Waals surface area contributed by atoms with Crippen molar-refractivity contribution < 1.29 is 35.7 Å². The minimum atomic E-state index is -4.83. The Labute approximate surface area is 187 Å². The maximum Gasteiger partial charge on any atom is 0.416 e. The third kappa shape index (κ3) is 6.40. The lowest BCUT2D eigenvalue weighted by atomic mass is 9.98. The molecule has 0 saturated carbocycles. The Hall–Kier alpha value is -3.70. The average molecular weight is 478 g/mol. The van der Waals surface area contributed by atoms with Gasteiger partial charge in [-0.3, -0.25) is 9.35 Å². The van der Waals surface area contributed by atoms with E-state index >= 15 is 0 Å². The van der Waals surface area contributed by atoms with Crippen molar-refractivity contribution in [1.29, 1.82) is 0 Å². The van der Waals surface area contributed by atoms with Crippen LogP contribution in [0.1, 0.15) is 11.1 Å². The van der Waals surface area contributed by atoms with E-state index in [-0.39, 0.29) is 23.3 Å². The van der Waals surface area contributed by atoms with Gasteiger partial charge in [-0.2, -0.15) is 26.7 Å². The van der Waals surface area contributed by atoms with Gasteiger partial charge >= 0.3 is 6.18 Å². The molecule has 0 aliphatic carbocycles. The minimum Gasteiger partial charge on any atom is -0.484 e. The third-order valence-corrected chi connectivity index (χ3v) is 5.25. The van der Waals surface area contributed by atoms with Crippen molar-refractivity contribution >= 4 is 22.2 Å². The molecule has 0 aromatic heterocycles. The molecule has 0 heterocycles. The van der Waals surface area contributed by atoms with Gasteiger partial charge in [0.25, 0.3) is 16.0 Å². The number of hydrazone groups is 1. The standard InChI is InChI=1S/C22H17F3N2O5S/c23-22(24,25)16-10-11-20(33(29,30)31)19(12-16)18-9-5-4-6-15(18)13-26-27-21(28)14-32-17-7-2-1-3-8-17/h1-13H,14H2,(H,27,28)(H,29,30,31). The van der Waals surface area contributed by atoms with Crippen molar-refractivity contribution in [3.8, 4) is 16.9 Å². The minimum absolute atomic E-state index is 0.0507. The van der Waals surface area contributed by atoms with E-state index in [2.05, 4.69) is 10.5 Å². The zero-order valence-corrected chi connectivity index (χ0v) is 17.6. The summed E-state index contributed by atoms with van der Waals surface area (Å²) in [5.74, 6) is -0.116. The van der Waals surface area contributed by atoms with Crippen molar-refractivity contribution in [2.24, 2.45) is 5.10 Å². The molecule has 0 bridgehead atoms. The van der Waals surface area contributed by atoms with Crippen LogP contribution >= 0.6 is 0 Å². The van der Waals surface area contributed by atoms with E-state index in [1.165, 1.54) is 18.2 Å². The van der Waals surface area contributed by atoms with Crippen LogP contribution in [-0.2, 0) is 21.1 Å². The zero-order chi connectivity index (χ0) is 24.1. The molecule has 0 spiro atoms. The van der Waals surface area contributed by atoms with Crippen molar-refractivity contribution in [1.82, 2.24) is 5.43 Å². The van der Waals surface area contributed by atoms with Gasteiger partial charge < -0.3 is 4.74 Å².